The number of alkyl halides is 3. The standard InChI is InChI=1S/C17H25Cl3O3Si/c1-16(2,3)24(5,6)23-15(17(18,19)20)14-13(22-14)11-7-9-12(21-4)10-8-11/h7-10,13-15H,1-6H3/t13-,14+,15+/m0/s1. The van der Waals surface area contributed by atoms with Crippen LogP contribution >= 0.6 is 34.8 Å². The second-order valence-corrected chi connectivity index (χ2v) is 14.8. The van der Waals surface area contributed by atoms with Gasteiger partial charge in [-0.25, -0.2) is 0 Å². The minimum atomic E-state index is -2.10. The summed E-state index contributed by atoms with van der Waals surface area (Å²) in [6, 6.07) is 7.72. The summed E-state index contributed by atoms with van der Waals surface area (Å²) < 4.78 is 15.8. The van der Waals surface area contributed by atoms with Crippen LogP contribution in [0, 0.1) is 0 Å². The highest BCUT2D eigenvalue weighted by molar-refractivity contribution is 6.74. The minimum Gasteiger partial charge on any atom is -0.497 e. The molecular weight excluding hydrogens is 387 g/mol. The van der Waals surface area contributed by atoms with Gasteiger partial charge in [-0.2, -0.15) is 0 Å². The summed E-state index contributed by atoms with van der Waals surface area (Å²) >= 11 is 18.7. The van der Waals surface area contributed by atoms with E-state index in [2.05, 4.69) is 33.9 Å². The number of hydrogen-bond donors (Lipinski definition) is 0. The van der Waals surface area contributed by atoms with Crippen molar-refractivity contribution in [2.75, 3.05) is 7.11 Å². The van der Waals surface area contributed by atoms with Crippen molar-refractivity contribution in [2.45, 2.75) is 61.0 Å². The molecule has 0 unspecified atom stereocenters. The number of halogens is 3. The van der Waals surface area contributed by atoms with Gasteiger partial charge in [0.1, 0.15) is 24.1 Å². The van der Waals surface area contributed by atoms with E-state index < -0.39 is 18.2 Å². The third-order valence-electron chi connectivity index (χ3n) is 4.82. The predicted octanol–water partition coefficient (Wildman–Crippen LogP) is 5.90. The van der Waals surface area contributed by atoms with E-state index in [0.717, 1.165) is 11.3 Å². The molecule has 0 bridgehead atoms. The zero-order chi connectivity index (χ0) is 18.3. The zero-order valence-corrected chi connectivity index (χ0v) is 18.2. The van der Waals surface area contributed by atoms with Gasteiger partial charge < -0.3 is 13.9 Å². The van der Waals surface area contributed by atoms with Gasteiger partial charge in [0.2, 0.25) is 3.79 Å². The highest BCUT2D eigenvalue weighted by Gasteiger charge is 2.56. The van der Waals surface area contributed by atoms with Gasteiger partial charge in [0, 0.05) is 0 Å². The smallest absolute Gasteiger partial charge is 0.217 e. The molecule has 0 saturated carbocycles. The second-order valence-electron chi connectivity index (χ2n) is 7.63. The highest BCUT2D eigenvalue weighted by atomic mass is 35.6. The van der Waals surface area contributed by atoms with Gasteiger partial charge in [-0.05, 0) is 35.8 Å². The predicted molar refractivity (Wildman–Crippen MR) is 103 cm³/mol. The van der Waals surface area contributed by atoms with Crippen LogP contribution in [0.5, 0.6) is 5.75 Å². The first-order valence-corrected chi connectivity index (χ1v) is 11.9. The molecule has 1 aliphatic rings. The van der Waals surface area contributed by atoms with Crippen molar-refractivity contribution < 1.29 is 13.9 Å². The summed E-state index contributed by atoms with van der Waals surface area (Å²) in [4.78, 5) is 0. The molecule has 0 amide bonds. The molecule has 0 aliphatic carbocycles. The van der Waals surface area contributed by atoms with Gasteiger partial charge in [-0.15, -0.1) is 0 Å². The first-order valence-electron chi connectivity index (χ1n) is 7.91. The Labute approximate surface area is 160 Å². The van der Waals surface area contributed by atoms with E-state index in [1.54, 1.807) is 7.11 Å². The Hall–Kier alpha value is 0.0269. The van der Waals surface area contributed by atoms with E-state index in [9.17, 15) is 0 Å². The maximum atomic E-state index is 6.38. The van der Waals surface area contributed by atoms with Crippen molar-refractivity contribution in [2.24, 2.45) is 0 Å². The van der Waals surface area contributed by atoms with Crippen molar-refractivity contribution in [3.8, 4) is 5.75 Å². The molecule has 0 radical (unpaired) electrons. The molecule has 136 valence electrons. The van der Waals surface area contributed by atoms with Crippen molar-refractivity contribution in [3.63, 3.8) is 0 Å². The maximum absolute atomic E-state index is 6.38. The van der Waals surface area contributed by atoms with Gasteiger partial charge in [-0.1, -0.05) is 67.7 Å². The van der Waals surface area contributed by atoms with Gasteiger partial charge in [0.25, 0.3) is 0 Å². The fraction of sp³-hybridized carbons (Fsp3) is 0.647. The Morgan fingerprint density at radius 3 is 2.04 bits per heavy atom. The van der Waals surface area contributed by atoms with Crippen LogP contribution in [0.1, 0.15) is 32.4 Å². The lowest BCUT2D eigenvalue weighted by atomic mass is 10.1. The second kappa shape index (κ2) is 6.97. The molecule has 1 aromatic rings. The van der Waals surface area contributed by atoms with Crippen LogP contribution in [0.25, 0.3) is 0 Å². The largest absolute Gasteiger partial charge is 0.497 e. The van der Waals surface area contributed by atoms with Crippen molar-refractivity contribution in [3.05, 3.63) is 29.8 Å². The number of rotatable bonds is 5. The summed E-state index contributed by atoms with van der Waals surface area (Å²) in [6.07, 6.45) is -0.989. The Morgan fingerprint density at radius 2 is 1.62 bits per heavy atom. The zero-order valence-electron chi connectivity index (χ0n) is 14.9. The quantitative estimate of drug-likeness (QED) is 0.343. The summed E-state index contributed by atoms with van der Waals surface area (Å²) in [5, 5.41) is 0.0195. The highest BCUT2D eigenvalue weighted by Crippen LogP contribution is 2.51. The fourth-order valence-corrected chi connectivity index (χ4v) is 4.26. The third-order valence-corrected chi connectivity index (χ3v) is 9.92. The number of methoxy groups -OCH3 is 1. The number of benzene rings is 1. The lowest BCUT2D eigenvalue weighted by Crippen LogP contribution is -2.49. The molecular formula is C17H25Cl3O3Si. The van der Waals surface area contributed by atoms with Crippen LogP contribution in [-0.2, 0) is 9.16 Å². The van der Waals surface area contributed by atoms with Crippen LogP contribution in [0.3, 0.4) is 0 Å². The molecule has 0 aromatic heterocycles. The van der Waals surface area contributed by atoms with E-state index in [1.165, 1.54) is 0 Å². The maximum Gasteiger partial charge on any atom is 0.217 e. The van der Waals surface area contributed by atoms with Crippen molar-refractivity contribution in [1.29, 1.82) is 0 Å². The lowest BCUT2D eigenvalue weighted by molar-refractivity contribution is 0.145. The molecule has 0 N–H and O–H groups in total. The average Bonchev–Trinajstić information content (AvgIpc) is 3.22. The normalized spacial score (nSPS) is 23.0. The van der Waals surface area contributed by atoms with Gasteiger partial charge in [-0.3, -0.25) is 0 Å². The van der Waals surface area contributed by atoms with Gasteiger partial charge in [0.15, 0.2) is 8.32 Å². The molecule has 1 heterocycles. The van der Waals surface area contributed by atoms with Crippen LogP contribution in [0.2, 0.25) is 18.1 Å². The SMILES string of the molecule is COc1ccc([C@@H]2O[C@H]2[C@@H](O[Si](C)(C)C(C)(C)C)C(Cl)(Cl)Cl)cc1. The molecule has 1 fully saturated rings. The molecule has 1 saturated heterocycles. The Morgan fingerprint density at radius 1 is 1.08 bits per heavy atom. The van der Waals surface area contributed by atoms with E-state index >= 15 is 0 Å². The molecule has 0 spiro atoms. The topological polar surface area (TPSA) is 31.0 Å². The summed E-state index contributed by atoms with van der Waals surface area (Å²) in [7, 11) is -0.463. The molecule has 2 rings (SSSR count). The Balaban J connectivity index is 2.16. The Kier molecular flexibility index (Phi) is 5.91. The third kappa shape index (κ3) is 4.60. The van der Waals surface area contributed by atoms with Crippen molar-refractivity contribution in [1.82, 2.24) is 0 Å². The average molecular weight is 412 g/mol. The van der Waals surface area contributed by atoms with Gasteiger partial charge >= 0.3 is 0 Å². The van der Waals surface area contributed by atoms with E-state index in [0.29, 0.717) is 0 Å². The van der Waals surface area contributed by atoms with Gasteiger partial charge in [0.05, 0.1) is 7.11 Å². The van der Waals surface area contributed by atoms with Crippen molar-refractivity contribution >= 4 is 43.1 Å². The van der Waals surface area contributed by atoms with E-state index in [4.69, 9.17) is 48.7 Å². The fourth-order valence-electron chi connectivity index (χ4n) is 2.23. The van der Waals surface area contributed by atoms with Crippen LogP contribution in [-0.4, -0.2) is 31.4 Å². The number of hydrogen-bond acceptors (Lipinski definition) is 3. The molecule has 1 aliphatic heterocycles. The monoisotopic (exact) mass is 410 g/mol. The lowest BCUT2D eigenvalue weighted by Gasteiger charge is -2.40. The summed E-state index contributed by atoms with van der Waals surface area (Å²) in [6.45, 7) is 10.7. The number of ether oxygens (including phenoxy) is 2. The minimum absolute atomic E-state index is 0.0195. The van der Waals surface area contributed by atoms with Crippen LogP contribution in [0.15, 0.2) is 24.3 Å². The number of epoxide rings is 1. The molecule has 24 heavy (non-hydrogen) atoms. The molecule has 3 nitrogen and oxygen atoms in total. The summed E-state index contributed by atoms with van der Waals surface area (Å²) in [5.74, 6) is 0.798. The van der Waals surface area contributed by atoms with E-state index in [-0.39, 0.29) is 17.2 Å². The Bertz CT molecular complexity index is 564. The first kappa shape index (κ1) is 20.3. The molecule has 1 aromatic carbocycles. The first-order chi connectivity index (χ1) is 10.9. The van der Waals surface area contributed by atoms with Crippen LogP contribution in [0.4, 0.5) is 0 Å². The van der Waals surface area contributed by atoms with E-state index in [1.807, 2.05) is 24.3 Å². The molecule has 7 heteroatoms. The molecule has 3 atom stereocenters. The summed E-state index contributed by atoms with van der Waals surface area (Å²) in [5.41, 5.74) is 1.03. The van der Waals surface area contributed by atoms with Crippen LogP contribution < -0.4 is 4.74 Å².